The molecule has 110 valence electrons. The van der Waals surface area contributed by atoms with Crippen molar-refractivity contribution in [1.29, 1.82) is 0 Å². The predicted octanol–water partition coefficient (Wildman–Crippen LogP) is -0.288. The molecular formula is C12H16N2O5S. The third kappa shape index (κ3) is 2.92. The van der Waals surface area contributed by atoms with Gasteiger partial charge in [-0.25, -0.2) is 18.4 Å². The number of hydrogen-bond acceptors (Lipinski definition) is 6. The number of carbonyl (C=O) groups excluding carboxylic acids is 1. The number of benzene rings is 1. The van der Waals surface area contributed by atoms with E-state index >= 15 is 0 Å². The van der Waals surface area contributed by atoms with Gasteiger partial charge in [-0.2, -0.15) is 0 Å². The third-order valence-electron chi connectivity index (χ3n) is 3.08. The molecule has 1 unspecified atom stereocenters. The van der Waals surface area contributed by atoms with Crippen molar-refractivity contribution in [3.05, 3.63) is 24.3 Å². The van der Waals surface area contributed by atoms with Gasteiger partial charge < -0.3 is 14.4 Å². The molecule has 1 fully saturated rings. The Morgan fingerprint density at radius 1 is 1.45 bits per heavy atom. The van der Waals surface area contributed by atoms with E-state index in [9.17, 15) is 13.2 Å². The lowest BCUT2D eigenvalue weighted by molar-refractivity contribution is -0.144. The molecule has 1 aromatic rings. The van der Waals surface area contributed by atoms with Crippen LogP contribution in [-0.2, 0) is 24.3 Å². The topological polar surface area (TPSA) is 98.9 Å². The fourth-order valence-electron chi connectivity index (χ4n) is 2.16. The van der Waals surface area contributed by atoms with Crippen LogP contribution in [0.2, 0.25) is 0 Å². The van der Waals surface area contributed by atoms with Crippen molar-refractivity contribution in [2.75, 3.05) is 31.8 Å². The van der Waals surface area contributed by atoms with Crippen molar-refractivity contribution in [3.63, 3.8) is 0 Å². The standard InChI is InChI=1S/C12H16N2O5S/c1-18-12(15)10-8-19-7-6-14(10)9-4-2-3-5-11(9)20(13,16)17/h2-5,10H,6-8H2,1H3,(H2,13,16,17). The van der Waals surface area contributed by atoms with E-state index in [1.165, 1.54) is 13.2 Å². The highest BCUT2D eigenvalue weighted by molar-refractivity contribution is 7.89. The molecule has 0 amide bonds. The first-order chi connectivity index (χ1) is 9.45. The highest BCUT2D eigenvalue weighted by Crippen LogP contribution is 2.27. The summed E-state index contributed by atoms with van der Waals surface area (Å²) >= 11 is 0. The molecule has 1 aliphatic heterocycles. The van der Waals surface area contributed by atoms with Crippen LogP contribution in [0.4, 0.5) is 5.69 Å². The minimum Gasteiger partial charge on any atom is -0.467 e. The number of methoxy groups -OCH3 is 1. The molecule has 0 saturated carbocycles. The zero-order chi connectivity index (χ0) is 14.8. The van der Waals surface area contributed by atoms with Crippen molar-refractivity contribution in [1.82, 2.24) is 0 Å². The van der Waals surface area contributed by atoms with E-state index < -0.39 is 22.0 Å². The Morgan fingerprint density at radius 2 is 2.15 bits per heavy atom. The Bertz CT molecular complexity index is 602. The molecule has 1 saturated heterocycles. The smallest absolute Gasteiger partial charge is 0.330 e. The Labute approximate surface area is 117 Å². The number of nitrogens with zero attached hydrogens (tertiary/aromatic N) is 1. The molecule has 1 heterocycles. The summed E-state index contributed by atoms with van der Waals surface area (Å²) in [6, 6.07) is 5.61. The fourth-order valence-corrected chi connectivity index (χ4v) is 2.90. The molecule has 2 rings (SSSR count). The van der Waals surface area contributed by atoms with E-state index in [-0.39, 0.29) is 11.5 Å². The zero-order valence-electron chi connectivity index (χ0n) is 11.0. The lowest BCUT2D eigenvalue weighted by Gasteiger charge is -2.36. The average Bonchev–Trinajstić information content (AvgIpc) is 2.45. The summed E-state index contributed by atoms with van der Waals surface area (Å²) in [6.07, 6.45) is 0. The maximum atomic E-state index is 11.8. The molecule has 0 bridgehead atoms. The molecule has 0 aromatic heterocycles. The maximum Gasteiger partial charge on any atom is 0.330 e. The van der Waals surface area contributed by atoms with Gasteiger partial charge in [-0.15, -0.1) is 0 Å². The summed E-state index contributed by atoms with van der Waals surface area (Å²) in [4.78, 5) is 13.4. The molecule has 1 aliphatic rings. The van der Waals surface area contributed by atoms with Crippen molar-refractivity contribution >= 4 is 21.7 Å². The van der Waals surface area contributed by atoms with E-state index in [4.69, 9.17) is 14.6 Å². The quantitative estimate of drug-likeness (QED) is 0.770. The molecule has 0 spiro atoms. The van der Waals surface area contributed by atoms with E-state index in [1.54, 1.807) is 23.1 Å². The van der Waals surface area contributed by atoms with Gasteiger partial charge in [0.2, 0.25) is 10.0 Å². The maximum absolute atomic E-state index is 11.8. The van der Waals surface area contributed by atoms with E-state index in [0.717, 1.165) is 0 Å². The van der Waals surface area contributed by atoms with Crippen molar-refractivity contribution in [2.45, 2.75) is 10.9 Å². The average molecular weight is 300 g/mol. The first kappa shape index (κ1) is 14.8. The Morgan fingerprint density at radius 3 is 2.80 bits per heavy atom. The molecule has 0 radical (unpaired) electrons. The first-order valence-corrected chi connectivity index (χ1v) is 7.54. The number of primary sulfonamides is 1. The van der Waals surface area contributed by atoms with Crippen molar-refractivity contribution in [2.24, 2.45) is 5.14 Å². The summed E-state index contributed by atoms with van der Waals surface area (Å²) in [5, 5.41) is 5.22. The van der Waals surface area contributed by atoms with Gasteiger partial charge in [0.15, 0.2) is 6.04 Å². The van der Waals surface area contributed by atoms with Gasteiger partial charge in [-0.05, 0) is 12.1 Å². The number of esters is 1. The summed E-state index contributed by atoms with van der Waals surface area (Å²) in [7, 11) is -2.59. The number of rotatable bonds is 3. The van der Waals surface area contributed by atoms with Gasteiger partial charge >= 0.3 is 5.97 Å². The Kier molecular flexibility index (Phi) is 4.26. The van der Waals surface area contributed by atoms with Crippen molar-refractivity contribution in [3.8, 4) is 0 Å². The van der Waals surface area contributed by atoms with Crippen LogP contribution < -0.4 is 10.0 Å². The summed E-state index contributed by atoms with van der Waals surface area (Å²) in [5.41, 5.74) is 0.383. The molecule has 8 heteroatoms. The van der Waals surface area contributed by atoms with Crippen molar-refractivity contribution < 1.29 is 22.7 Å². The van der Waals surface area contributed by atoms with Gasteiger partial charge in [-0.3, -0.25) is 0 Å². The molecule has 2 N–H and O–H groups in total. The highest BCUT2D eigenvalue weighted by Gasteiger charge is 2.32. The second-order valence-electron chi connectivity index (χ2n) is 4.32. The summed E-state index contributed by atoms with van der Waals surface area (Å²) < 4.78 is 33.3. The van der Waals surface area contributed by atoms with Gasteiger partial charge in [0.25, 0.3) is 0 Å². The van der Waals surface area contributed by atoms with Crippen LogP contribution >= 0.6 is 0 Å². The minimum absolute atomic E-state index is 0.0178. The fraction of sp³-hybridized carbons (Fsp3) is 0.417. The number of ether oxygens (including phenoxy) is 2. The predicted molar refractivity (Wildman–Crippen MR) is 71.8 cm³/mol. The van der Waals surface area contributed by atoms with Crippen LogP contribution in [0.1, 0.15) is 0 Å². The lowest BCUT2D eigenvalue weighted by atomic mass is 10.2. The van der Waals surface area contributed by atoms with Crippen LogP contribution in [0.5, 0.6) is 0 Å². The van der Waals surface area contributed by atoms with E-state index in [1.807, 2.05) is 0 Å². The number of nitrogens with two attached hydrogens (primary N) is 1. The molecular weight excluding hydrogens is 284 g/mol. The SMILES string of the molecule is COC(=O)C1COCCN1c1ccccc1S(N)(=O)=O. The van der Waals surface area contributed by atoms with Crippen LogP contribution in [0.15, 0.2) is 29.2 Å². The van der Waals surface area contributed by atoms with Gasteiger partial charge in [-0.1, -0.05) is 12.1 Å². The third-order valence-corrected chi connectivity index (χ3v) is 4.04. The molecule has 20 heavy (non-hydrogen) atoms. The normalized spacial score (nSPS) is 19.7. The summed E-state index contributed by atoms with van der Waals surface area (Å²) in [6.45, 7) is 0.921. The second-order valence-corrected chi connectivity index (χ2v) is 5.85. The minimum atomic E-state index is -3.87. The monoisotopic (exact) mass is 300 g/mol. The number of morpholine rings is 1. The number of sulfonamides is 1. The number of hydrogen-bond donors (Lipinski definition) is 1. The number of para-hydroxylation sites is 1. The first-order valence-electron chi connectivity index (χ1n) is 5.99. The largest absolute Gasteiger partial charge is 0.467 e. The van der Waals surface area contributed by atoms with Crippen LogP contribution in [0.25, 0.3) is 0 Å². The van der Waals surface area contributed by atoms with Crippen LogP contribution in [0, 0.1) is 0 Å². The molecule has 1 atom stereocenters. The van der Waals surface area contributed by atoms with Gasteiger partial charge in [0.05, 0.1) is 26.0 Å². The lowest BCUT2D eigenvalue weighted by Crippen LogP contribution is -2.51. The second kappa shape index (κ2) is 5.78. The summed E-state index contributed by atoms with van der Waals surface area (Å²) in [5.74, 6) is -0.478. The van der Waals surface area contributed by atoms with E-state index in [2.05, 4.69) is 0 Å². The highest BCUT2D eigenvalue weighted by atomic mass is 32.2. The Hall–Kier alpha value is -1.64. The van der Waals surface area contributed by atoms with Crippen LogP contribution in [-0.4, -0.2) is 47.3 Å². The molecule has 7 nitrogen and oxygen atoms in total. The van der Waals surface area contributed by atoms with Crippen LogP contribution in [0.3, 0.4) is 0 Å². The zero-order valence-corrected chi connectivity index (χ0v) is 11.8. The molecule has 1 aromatic carbocycles. The van der Waals surface area contributed by atoms with Gasteiger partial charge in [0.1, 0.15) is 4.90 Å². The Balaban J connectivity index is 2.46. The number of carbonyl (C=O) groups is 1. The number of anilines is 1. The molecule has 0 aliphatic carbocycles. The van der Waals surface area contributed by atoms with Gasteiger partial charge in [0, 0.05) is 6.54 Å². The van der Waals surface area contributed by atoms with E-state index in [0.29, 0.717) is 18.8 Å².